The summed E-state index contributed by atoms with van der Waals surface area (Å²) in [5, 5.41) is 1.22. The first-order valence-electron chi connectivity index (χ1n) is 23.3. The summed E-state index contributed by atoms with van der Waals surface area (Å²) in [6, 6.07) is 35.5. The highest BCUT2D eigenvalue weighted by Crippen LogP contribution is 2.57. The number of rotatable bonds is 2. The van der Waals surface area contributed by atoms with Crippen molar-refractivity contribution in [3.8, 4) is 11.1 Å². The number of furan rings is 1. The molecule has 3 aliphatic carbocycles. The predicted molar refractivity (Wildman–Crippen MR) is 265 cm³/mol. The van der Waals surface area contributed by atoms with Crippen LogP contribution in [0.4, 0.5) is 28.4 Å². The zero-order valence-corrected chi connectivity index (χ0v) is 39.4. The Bertz CT molecular complexity index is 2960. The molecule has 0 amide bonds. The molecule has 1 aromatic heterocycles. The summed E-state index contributed by atoms with van der Waals surface area (Å²) < 4.78 is 7.57. The molecule has 0 saturated heterocycles. The summed E-state index contributed by atoms with van der Waals surface area (Å²) in [6.07, 6.45) is 8.29. The number of anilines is 5. The van der Waals surface area contributed by atoms with Gasteiger partial charge in [-0.15, -0.1) is 0 Å². The molecule has 5 aromatic carbocycles. The number of benzene rings is 5. The van der Waals surface area contributed by atoms with E-state index in [4.69, 9.17) is 4.42 Å². The van der Waals surface area contributed by atoms with Crippen molar-refractivity contribution in [1.29, 1.82) is 0 Å². The minimum absolute atomic E-state index is 0.0346. The Kier molecular flexibility index (Phi) is 8.12. The maximum absolute atomic E-state index is 7.57. The fourth-order valence-electron chi connectivity index (χ4n) is 12.1. The van der Waals surface area contributed by atoms with Gasteiger partial charge in [0.2, 0.25) is 0 Å². The van der Waals surface area contributed by atoms with E-state index in [0.717, 1.165) is 17.7 Å². The molecular formula is C58H63BN2O. The van der Waals surface area contributed by atoms with Crippen LogP contribution in [0.2, 0.25) is 0 Å². The number of allylic oxidation sites excluding steroid dienone is 3. The fourth-order valence-corrected chi connectivity index (χ4v) is 12.1. The molecule has 0 N–H and O–H groups in total. The van der Waals surface area contributed by atoms with Crippen molar-refractivity contribution < 1.29 is 4.42 Å². The van der Waals surface area contributed by atoms with Crippen molar-refractivity contribution in [2.75, 3.05) is 9.80 Å². The fraction of sp³-hybridized carbons (Fsp3) is 0.379. The Morgan fingerprint density at radius 1 is 0.677 bits per heavy atom. The molecule has 4 heteroatoms. The second kappa shape index (κ2) is 12.7. The molecule has 314 valence electrons. The van der Waals surface area contributed by atoms with Crippen molar-refractivity contribution in [1.82, 2.24) is 0 Å². The van der Waals surface area contributed by atoms with Crippen LogP contribution in [0.3, 0.4) is 0 Å². The van der Waals surface area contributed by atoms with Crippen molar-refractivity contribution in [3.63, 3.8) is 0 Å². The third-order valence-corrected chi connectivity index (χ3v) is 16.0. The SMILES string of the molecule is Cc1cc2c3c(c1)N(c1ccc(C(C)(C)C)cc1)c1c(oc4cc5c(cc14)C(C)(C)CCC5(C)C)B3C1=C(C=C[C@@H](C(C)(C)C)C1)N2c1cccc2c1-c1ccccc1C2(C)C. The van der Waals surface area contributed by atoms with E-state index in [0.29, 0.717) is 5.92 Å². The predicted octanol–water partition coefficient (Wildman–Crippen LogP) is 14.7. The smallest absolute Gasteiger partial charge is 0.293 e. The molecule has 6 aromatic rings. The van der Waals surface area contributed by atoms with Gasteiger partial charge in [0.15, 0.2) is 0 Å². The highest BCUT2D eigenvalue weighted by atomic mass is 16.3. The summed E-state index contributed by atoms with van der Waals surface area (Å²) in [5.74, 6) is 0.379. The van der Waals surface area contributed by atoms with Crippen molar-refractivity contribution in [3.05, 3.63) is 148 Å². The Hall–Kier alpha value is -5.22. The monoisotopic (exact) mass is 815 g/mol. The van der Waals surface area contributed by atoms with Gasteiger partial charge in [-0.3, -0.25) is 0 Å². The molecule has 0 bridgehead atoms. The normalized spacial score (nSPS) is 20.1. The first kappa shape index (κ1) is 39.6. The second-order valence-electron chi connectivity index (χ2n) is 23.4. The summed E-state index contributed by atoms with van der Waals surface area (Å²) in [7, 11) is 0. The zero-order chi connectivity index (χ0) is 43.6. The average Bonchev–Trinajstić information content (AvgIpc) is 3.70. The van der Waals surface area contributed by atoms with Crippen LogP contribution in [-0.4, -0.2) is 6.71 Å². The lowest BCUT2D eigenvalue weighted by molar-refractivity contribution is 0.291. The summed E-state index contributed by atoms with van der Waals surface area (Å²) in [5.41, 5.74) is 23.5. The molecule has 2 aliphatic heterocycles. The molecule has 0 fully saturated rings. The molecule has 11 rings (SSSR count). The first-order valence-corrected chi connectivity index (χ1v) is 23.3. The lowest BCUT2D eigenvalue weighted by Crippen LogP contribution is -2.56. The molecule has 3 heterocycles. The number of hydrogen-bond acceptors (Lipinski definition) is 3. The molecule has 0 saturated carbocycles. The van der Waals surface area contributed by atoms with Crippen LogP contribution in [0.25, 0.3) is 22.1 Å². The number of hydrogen-bond donors (Lipinski definition) is 0. The molecule has 1 atom stereocenters. The maximum Gasteiger partial charge on any atom is 0.293 e. The molecule has 3 nitrogen and oxygen atoms in total. The number of aryl methyl sites for hydroxylation is 1. The van der Waals surface area contributed by atoms with Crippen LogP contribution in [-0.2, 0) is 21.7 Å². The average molecular weight is 815 g/mol. The van der Waals surface area contributed by atoms with Gasteiger partial charge in [0.05, 0.1) is 17.0 Å². The summed E-state index contributed by atoms with van der Waals surface area (Å²) >= 11 is 0. The largest absolute Gasteiger partial charge is 0.468 e. The van der Waals surface area contributed by atoms with E-state index in [9.17, 15) is 0 Å². The van der Waals surface area contributed by atoms with E-state index in [2.05, 4.69) is 203 Å². The maximum atomic E-state index is 7.57. The van der Waals surface area contributed by atoms with Gasteiger partial charge in [0.1, 0.15) is 5.58 Å². The number of fused-ring (bicyclic) bond motifs is 9. The van der Waals surface area contributed by atoms with Crippen molar-refractivity contribution in [2.45, 2.75) is 131 Å². The van der Waals surface area contributed by atoms with Crippen LogP contribution < -0.4 is 20.9 Å². The van der Waals surface area contributed by atoms with E-state index in [-0.39, 0.29) is 33.8 Å². The minimum Gasteiger partial charge on any atom is -0.468 e. The highest BCUT2D eigenvalue weighted by Gasteiger charge is 2.50. The topological polar surface area (TPSA) is 19.6 Å². The van der Waals surface area contributed by atoms with Gasteiger partial charge in [-0.2, -0.15) is 0 Å². The van der Waals surface area contributed by atoms with Crippen LogP contribution in [0, 0.1) is 18.3 Å². The second-order valence-corrected chi connectivity index (χ2v) is 23.4. The lowest BCUT2D eigenvalue weighted by atomic mass is 9.33. The number of nitrogens with zero attached hydrogens (tertiary/aromatic N) is 2. The quantitative estimate of drug-likeness (QED) is 0.162. The Morgan fingerprint density at radius 2 is 1.32 bits per heavy atom. The molecule has 0 unspecified atom stereocenters. The van der Waals surface area contributed by atoms with Crippen LogP contribution in [0.15, 0.2) is 119 Å². The van der Waals surface area contributed by atoms with Crippen LogP contribution in [0.5, 0.6) is 0 Å². The van der Waals surface area contributed by atoms with Crippen LogP contribution >= 0.6 is 0 Å². The van der Waals surface area contributed by atoms with Gasteiger partial charge in [0, 0.05) is 39.1 Å². The zero-order valence-electron chi connectivity index (χ0n) is 39.4. The van der Waals surface area contributed by atoms with Gasteiger partial charge in [-0.05, 0) is 147 Å². The Labute approximate surface area is 371 Å². The lowest BCUT2D eigenvalue weighted by Gasteiger charge is -2.46. The van der Waals surface area contributed by atoms with E-state index in [1.807, 2.05) is 0 Å². The minimum atomic E-state index is -0.106. The summed E-state index contributed by atoms with van der Waals surface area (Å²) in [4.78, 5) is 5.24. The van der Waals surface area contributed by atoms with Gasteiger partial charge < -0.3 is 14.2 Å². The van der Waals surface area contributed by atoms with Gasteiger partial charge in [-0.1, -0.05) is 143 Å². The molecule has 62 heavy (non-hydrogen) atoms. The first-order chi connectivity index (χ1) is 29.2. The van der Waals surface area contributed by atoms with Crippen molar-refractivity contribution >= 4 is 57.2 Å². The molecule has 0 radical (unpaired) electrons. The molecular weight excluding hydrogens is 751 g/mol. The van der Waals surface area contributed by atoms with E-state index in [1.165, 1.54) is 108 Å². The summed E-state index contributed by atoms with van der Waals surface area (Å²) in [6.45, 7) is 30.9. The van der Waals surface area contributed by atoms with Crippen molar-refractivity contribution in [2.24, 2.45) is 11.3 Å². The standard InChI is InChI=1S/C58H63BN2O/c1-34-29-47-51-48(30-34)61(46-20-16-19-41-50(46)38-17-14-15-18-40(38)58(41,12)13)45-26-23-36(55(5,6)7)31-44(45)59(51)53-52(60(47)37-24-21-35(22-25-37)54(2,3)4)39-32-42-43(33-49(39)62-53)57(10,11)28-27-56(42,8)9/h14-26,29-30,32-33,36H,27-28,31H2,1-13H3/t36-/m1/s1. The van der Waals surface area contributed by atoms with Gasteiger partial charge in [0.25, 0.3) is 6.71 Å². The Morgan fingerprint density at radius 3 is 2.00 bits per heavy atom. The van der Waals surface area contributed by atoms with E-state index < -0.39 is 0 Å². The van der Waals surface area contributed by atoms with Gasteiger partial charge in [-0.25, -0.2) is 0 Å². The third kappa shape index (κ3) is 5.50. The van der Waals surface area contributed by atoms with Gasteiger partial charge >= 0.3 is 0 Å². The van der Waals surface area contributed by atoms with E-state index >= 15 is 0 Å². The molecule has 5 aliphatic rings. The highest BCUT2D eigenvalue weighted by molar-refractivity contribution is 6.94. The molecule has 0 spiro atoms. The van der Waals surface area contributed by atoms with E-state index in [1.54, 1.807) is 0 Å². The Balaban J connectivity index is 1.25. The third-order valence-electron chi connectivity index (χ3n) is 16.0. The van der Waals surface area contributed by atoms with Crippen LogP contribution in [0.1, 0.15) is 136 Å².